The van der Waals surface area contributed by atoms with E-state index in [0.717, 1.165) is 28.6 Å². The third-order valence-electron chi connectivity index (χ3n) is 4.67. The topological polar surface area (TPSA) is 85.0 Å². The summed E-state index contributed by atoms with van der Waals surface area (Å²) in [6.07, 6.45) is 0.569. The average molecular weight is 444 g/mol. The van der Waals surface area contributed by atoms with Crippen LogP contribution in [0, 0.1) is 0 Å². The van der Waals surface area contributed by atoms with Gasteiger partial charge in [-0.25, -0.2) is 0 Å². The fourth-order valence-corrected chi connectivity index (χ4v) is 3.18. The Labute approximate surface area is 186 Å². The van der Waals surface area contributed by atoms with Crippen LogP contribution in [0.25, 0.3) is 11.4 Å². The van der Waals surface area contributed by atoms with Crippen molar-refractivity contribution in [2.45, 2.75) is 13.0 Å². The van der Waals surface area contributed by atoms with Crippen LogP contribution in [0.5, 0.6) is 11.5 Å². The molecular formula is C22H26ClN5O3. The summed E-state index contributed by atoms with van der Waals surface area (Å²) in [6, 6.07) is 13.1. The van der Waals surface area contributed by atoms with Gasteiger partial charge in [-0.05, 0) is 36.4 Å². The first kappa shape index (κ1) is 22.4. The molecule has 2 aromatic carbocycles. The van der Waals surface area contributed by atoms with E-state index in [2.05, 4.69) is 20.4 Å². The lowest BCUT2D eigenvalue weighted by atomic mass is 10.2. The van der Waals surface area contributed by atoms with Gasteiger partial charge in [-0.3, -0.25) is 4.99 Å². The van der Waals surface area contributed by atoms with Crippen molar-refractivity contribution < 1.29 is 14.0 Å². The Morgan fingerprint density at radius 3 is 2.61 bits per heavy atom. The van der Waals surface area contributed by atoms with E-state index < -0.39 is 0 Å². The largest absolute Gasteiger partial charge is 0.497 e. The maximum absolute atomic E-state index is 5.92. The van der Waals surface area contributed by atoms with E-state index >= 15 is 0 Å². The van der Waals surface area contributed by atoms with Crippen molar-refractivity contribution in [2.75, 3.05) is 34.9 Å². The molecule has 164 valence electrons. The molecule has 8 nitrogen and oxygen atoms in total. The van der Waals surface area contributed by atoms with E-state index in [0.29, 0.717) is 36.2 Å². The quantitative estimate of drug-likeness (QED) is 0.420. The van der Waals surface area contributed by atoms with Gasteiger partial charge in [0, 0.05) is 55.8 Å². The highest BCUT2D eigenvalue weighted by atomic mass is 35.5. The molecule has 0 saturated carbocycles. The van der Waals surface area contributed by atoms with Crippen LogP contribution in [0.15, 0.2) is 52.0 Å². The number of hydrogen-bond donors (Lipinski definition) is 1. The third-order valence-corrected chi connectivity index (χ3v) is 4.92. The number of guanidine groups is 1. The highest BCUT2D eigenvalue weighted by Crippen LogP contribution is 2.25. The van der Waals surface area contributed by atoms with E-state index in [9.17, 15) is 0 Å². The lowest BCUT2D eigenvalue weighted by Gasteiger charge is -2.23. The molecule has 0 aliphatic rings. The fourth-order valence-electron chi connectivity index (χ4n) is 3.05. The standard InChI is InChI=1S/C22H26ClN5O3/c1-24-22(28(2)14-16-7-10-18(29-3)13-19(16)30-4)25-12-11-20-26-21(27-31-20)15-5-8-17(23)9-6-15/h5-10,13H,11-12,14H2,1-4H3,(H,24,25). The Hall–Kier alpha value is -3.26. The van der Waals surface area contributed by atoms with Crippen molar-refractivity contribution in [1.29, 1.82) is 0 Å². The maximum Gasteiger partial charge on any atom is 0.228 e. The molecule has 0 unspecified atom stereocenters. The molecular weight excluding hydrogens is 418 g/mol. The molecule has 0 fully saturated rings. The van der Waals surface area contributed by atoms with Gasteiger partial charge < -0.3 is 24.2 Å². The molecule has 0 bridgehead atoms. The Bertz CT molecular complexity index is 1020. The van der Waals surface area contributed by atoms with E-state index in [4.69, 9.17) is 25.6 Å². The van der Waals surface area contributed by atoms with Crippen molar-refractivity contribution in [3.05, 3.63) is 58.9 Å². The minimum atomic E-state index is 0.541. The first-order valence-corrected chi connectivity index (χ1v) is 10.1. The summed E-state index contributed by atoms with van der Waals surface area (Å²) in [7, 11) is 6.99. The van der Waals surface area contributed by atoms with Gasteiger partial charge >= 0.3 is 0 Å². The smallest absolute Gasteiger partial charge is 0.228 e. The van der Waals surface area contributed by atoms with Crippen LogP contribution in [0.4, 0.5) is 0 Å². The van der Waals surface area contributed by atoms with Crippen molar-refractivity contribution in [2.24, 2.45) is 4.99 Å². The number of hydrogen-bond acceptors (Lipinski definition) is 6. The van der Waals surface area contributed by atoms with E-state index in [-0.39, 0.29) is 0 Å². The van der Waals surface area contributed by atoms with E-state index in [1.807, 2.05) is 42.3 Å². The number of aromatic nitrogens is 2. The zero-order valence-corrected chi connectivity index (χ0v) is 18.8. The summed E-state index contributed by atoms with van der Waals surface area (Å²) in [5, 5.41) is 8.02. The van der Waals surface area contributed by atoms with Gasteiger partial charge in [-0.1, -0.05) is 16.8 Å². The summed E-state index contributed by atoms with van der Waals surface area (Å²) in [5.41, 5.74) is 1.88. The average Bonchev–Trinajstić information content (AvgIpc) is 3.26. The maximum atomic E-state index is 5.92. The number of aliphatic imine (C=N–C) groups is 1. The van der Waals surface area contributed by atoms with Crippen LogP contribution in [-0.4, -0.2) is 55.9 Å². The summed E-state index contributed by atoms with van der Waals surface area (Å²) in [6.45, 7) is 1.22. The van der Waals surface area contributed by atoms with Crippen LogP contribution in [0.2, 0.25) is 5.02 Å². The van der Waals surface area contributed by atoms with Crippen LogP contribution >= 0.6 is 11.6 Å². The van der Waals surface area contributed by atoms with Gasteiger partial charge in [-0.15, -0.1) is 0 Å². The van der Waals surface area contributed by atoms with Crippen LogP contribution in [0.1, 0.15) is 11.5 Å². The lowest BCUT2D eigenvalue weighted by Crippen LogP contribution is -2.39. The van der Waals surface area contributed by atoms with Crippen molar-refractivity contribution in [3.63, 3.8) is 0 Å². The monoisotopic (exact) mass is 443 g/mol. The number of benzene rings is 2. The molecule has 0 aliphatic carbocycles. The molecule has 9 heteroatoms. The number of methoxy groups -OCH3 is 2. The number of rotatable bonds is 8. The normalized spacial score (nSPS) is 11.3. The van der Waals surface area contributed by atoms with Crippen LogP contribution in [0.3, 0.4) is 0 Å². The molecule has 0 aliphatic heterocycles. The fraction of sp³-hybridized carbons (Fsp3) is 0.318. The molecule has 1 heterocycles. The molecule has 0 atom stereocenters. The van der Waals surface area contributed by atoms with Crippen molar-refractivity contribution in [3.8, 4) is 22.9 Å². The van der Waals surface area contributed by atoms with Crippen molar-refractivity contribution >= 4 is 17.6 Å². The molecule has 1 N–H and O–H groups in total. The second-order valence-corrected chi connectivity index (χ2v) is 7.21. The molecule has 0 amide bonds. The molecule has 31 heavy (non-hydrogen) atoms. The second kappa shape index (κ2) is 10.7. The van der Waals surface area contributed by atoms with Crippen LogP contribution < -0.4 is 14.8 Å². The summed E-state index contributed by atoms with van der Waals surface area (Å²) < 4.78 is 16.1. The molecule has 0 radical (unpaired) electrons. The summed E-state index contributed by atoms with van der Waals surface area (Å²) in [4.78, 5) is 10.8. The highest BCUT2D eigenvalue weighted by Gasteiger charge is 2.13. The Kier molecular flexibility index (Phi) is 7.72. The molecule has 3 rings (SSSR count). The first-order chi connectivity index (χ1) is 15.0. The summed E-state index contributed by atoms with van der Waals surface area (Å²) in [5.74, 6) is 3.35. The predicted molar refractivity (Wildman–Crippen MR) is 121 cm³/mol. The lowest BCUT2D eigenvalue weighted by molar-refractivity contribution is 0.376. The zero-order valence-electron chi connectivity index (χ0n) is 18.1. The molecule has 0 saturated heterocycles. The van der Waals surface area contributed by atoms with Crippen molar-refractivity contribution in [1.82, 2.24) is 20.4 Å². The minimum Gasteiger partial charge on any atom is -0.497 e. The number of halogens is 1. The molecule has 0 spiro atoms. The van der Waals surface area contributed by atoms with Gasteiger partial charge in [0.05, 0.1) is 14.2 Å². The molecule has 3 aromatic rings. The Morgan fingerprint density at radius 2 is 1.94 bits per heavy atom. The summed E-state index contributed by atoms with van der Waals surface area (Å²) >= 11 is 5.92. The van der Waals surface area contributed by atoms with Gasteiger partial charge in [0.1, 0.15) is 11.5 Å². The number of nitrogens with one attached hydrogen (secondary N) is 1. The van der Waals surface area contributed by atoms with Gasteiger partial charge in [0.2, 0.25) is 11.7 Å². The SMILES string of the molecule is CN=C(NCCc1nc(-c2ccc(Cl)cc2)no1)N(C)Cc1ccc(OC)cc1OC. The van der Waals surface area contributed by atoms with Gasteiger partial charge in [-0.2, -0.15) is 4.98 Å². The third kappa shape index (κ3) is 5.88. The molecule has 1 aromatic heterocycles. The van der Waals surface area contributed by atoms with Gasteiger partial charge in [0.25, 0.3) is 0 Å². The Balaban J connectivity index is 1.55. The van der Waals surface area contributed by atoms with E-state index in [1.54, 1.807) is 33.4 Å². The number of ether oxygens (including phenoxy) is 2. The van der Waals surface area contributed by atoms with Gasteiger partial charge in [0.15, 0.2) is 5.96 Å². The second-order valence-electron chi connectivity index (χ2n) is 6.78. The zero-order chi connectivity index (χ0) is 22.2. The minimum absolute atomic E-state index is 0.541. The van der Waals surface area contributed by atoms with Crippen LogP contribution in [-0.2, 0) is 13.0 Å². The first-order valence-electron chi connectivity index (χ1n) is 9.75. The number of nitrogens with zero attached hydrogens (tertiary/aromatic N) is 4. The Morgan fingerprint density at radius 1 is 1.16 bits per heavy atom. The highest BCUT2D eigenvalue weighted by molar-refractivity contribution is 6.30. The predicted octanol–water partition coefficient (Wildman–Crippen LogP) is 3.66. The van der Waals surface area contributed by atoms with E-state index in [1.165, 1.54) is 0 Å².